The van der Waals surface area contributed by atoms with Gasteiger partial charge in [-0.05, 0) is 0 Å². The van der Waals surface area contributed by atoms with Gasteiger partial charge in [-0.3, -0.25) is 4.98 Å². The van der Waals surface area contributed by atoms with Gasteiger partial charge in [0.25, 0.3) is 0 Å². The highest BCUT2D eigenvalue weighted by Crippen LogP contribution is 2.17. The van der Waals surface area contributed by atoms with Gasteiger partial charge in [0.15, 0.2) is 5.82 Å². The fraction of sp³-hybridized carbons (Fsp3) is 0.200. The molecule has 0 radical (unpaired) electrons. The fourth-order valence-corrected chi connectivity index (χ4v) is 0.925. The van der Waals surface area contributed by atoms with Crippen LogP contribution in [0.1, 0.15) is 0 Å². The van der Waals surface area contributed by atoms with Gasteiger partial charge in [0.1, 0.15) is 11.5 Å². The van der Waals surface area contributed by atoms with Crippen molar-refractivity contribution < 1.29 is 0 Å². The van der Waals surface area contributed by atoms with Gasteiger partial charge >= 0.3 is 5.69 Å². The Labute approximate surface area is 71.0 Å². The number of nitrogen functional groups attached to an aromatic ring is 2. The summed E-state index contributed by atoms with van der Waals surface area (Å²) in [5, 5.41) is 2.78. The van der Waals surface area contributed by atoms with Gasteiger partial charge < -0.3 is 16.8 Å². The van der Waals surface area contributed by atoms with Crippen LogP contribution >= 0.6 is 9.24 Å². The minimum atomic E-state index is -0.511. The zero-order valence-corrected chi connectivity index (χ0v) is 7.45. The van der Waals surface area contributed by atoms with Crippen LogP contribution in [0.15, 0.2) is 4.79 Å². The summed E-state index contributed by atoms with van der Waals surface area (Å²) in [4.78, 5) is 16.6. The smallest absolute Gasteiger partial charge is 0.348 e. The number of rotatable bonds is 2. The molecule has 0 saturated carbocycles. The molecule has 1 unspecified atom stereocenters. The summed E-state index contributed by atoms with van der Waals surface area (Å²) in [7, 11) is 2.42. The molecule has 1 atom stereocenters. The predicted molar refractivity (Wildman–Crippen MR) is 51.9 cm³/mol. The average Bonchev–Trinajstić information content (AvgIpc) is 2.00. The van der Waals surface area contributed by atoms with Crippen LogP contribution in [-0.2, 0) is 0 Å². The molecule has 0 aliphatic rings. The van der Waals surface area contributed by atoms with Crippen molar-refractivity contribution in [1.29, 1.82) is 0 Å². The van der Waals surface area contributed by atoms with Crippen LogP contribution in [0.3, 0.4) is 0 Å². The van der Waals surface area contributed by atoms with Gasteiger partial charge in [-0.25, -0.2) is 4.79 Å². The van der Waals surface area contributed by atoms with Crippen molar-refractivity contribution in [2.45, 2.75) is 0 Å². The number of aromatic nitrogens is 2. The minimum absolute atomic E-state index is 0.135. The van der Waals surface area contributed by atoms with Crippen LogP contribution in [-0.4, -0.2) is 16.3 Å². The summed E-state index contributed by atoms with van der Waals surface area (Å²) in [5.41, 5.74) is 10.6. The highest BCUT2D eigenvalue weighted by atomic mass is 31.0. The molecule has 0 aliphatic heterocycles. The number of nitrogens with two attached hydrogens (primary N) is 2. The second-order valence-electron chi connectivity index (χ2n) is 2.10. The van der Waals surface area contributed by atoms with E-state index in [4.69, 9.17) is 11.5 Å². The Morgan fingerprint density at radius 3 is 2.83 bits per heavy atom. The Morgan fingerprint density at radius 1 is 1.58 bits per heavy atom. The number of hydrogen-bond acceptors (Lipinski definition) is 5. The van der Waals surface area contributed by atoms with Crippen molar-refractivity contribution in [3.63, 3.8) is 0 Å². The first-order valence-electron chi connectivity index (χ1n) is 3.24. The molecular weight excluding hydrogens is 177 g/mol. The Balaban J connectivity index is 3.18. The molecule has 7 heteroatoms. The molecule has 1 aromatic rings. The first-order valence-corrected chi connectivity index (χ1v) is 4.06. The van der Waals surface area contributed by atoms with Crippen molar-refractivity contribution in [3.8, 4) is 0 Å². The number of hydrogen-bond donors (Lipinski definition) is 4. The van der Waals surface area contributed by atoms with E-state index in [1.807, 2.05) is 0 Å². The Hall–Kier alpha value is -1.29. The van der Waals surface area contributed by atoms with Crippen LogP contribution in [0.2, 0.25) is 0 Å². The SMILES string of the molecule is Nc1[nH]c(=O)nc(NCP)c1N. The molecule has 6 nitrogen and oxygen atoms in total. The molecule has 0 fully saturated rings. The molecule has 0 bridgehead atoms. The Bertz CT molecular complexity index is 335. The summed E-state index contributed by atoms with van der Waals surface area (Å²) in [6.45, 7) is 0. The number of anilines is 3. The van der Waals surface area contributed by atoms with E-state index in [-0.39, 0.29) is 11.5 Å². The van der Waals surface area contributed by atoms with Crippen LogP contribution in [0, 0.1) is 0 Å². The van der Waals surface area contributed by atoms with Gasteiger partial charge in [-0.2, -0.15) is 4.98 Å². The lowest BCUT2D eigenvalue weighted by Gasteiger charge is -2.05. The van der Waals surface area contributed by atoms with Gasteiger partial charge in [0, 0.05) is 6.29 Å². The highest BCUT2D eigenvalue weighted by molar-refractivity contribution is 7.16. The van der Waals surface area contributed by atoms with E-state index in [1.54, 1.807) is 0 Å². The molecule has 12 heavy (non-hydrogen) atoms. The Kier molecular flexibility index (Phi) is 2.50. The second kappa shape index (κ2) is 3.40. The lowest BCUT2D eigenvalue weighted by atomic mass is 10.4. The predicted octanol–water partition coefficient (Wildman–Crippen LogP) is -0.821. The summed E-state index contributed by atoms with van der Waals surface area (Å²) in [6, 6.07) is 0. The van der Waals surface area contributed by atoms with Gasteiger partial charge in [-0.1, -0.05) is 0 Å². The van der Waals surface area contributed by atoms with Crippen molar-refractivity contribution >= 4 is 26.6 Å². The molecule has 6 N–H and O–H groups in total. The van der Waals surface area contributed by atoms with Gasteiger partial charge in [-0.15, -0.1) is 9.24 Å². The summed E-state index contributed by atoms with van der Waals surface area (Å²) < 4.78 is 0. The molecule has 0 aromatic carbocycles. The van der Waals surface area contributed by atoms with Gasteiger partial charge in [0.05, 0.1) is 0 Å². The topological polar surface area (TPSA) is 110 Å². The van der Waals surface area contributed by atoms with E-state index in [2.05, 4.69) is 24.5 Å². The lowest BCUT2D eigenvalue weighted by Crippen LogP contribution is -2.17. The minimum Gasteiger partial charge on any atom is -0.393 e. The first-order chi connectivity index (χ1) is 5.65. The third-order valence-electron chi connectivity index (χ3n) is 1.27. The van der Waals surface area contributed by atoms with E-state index in [0.29, 0.717) is 12.1 Å². The number of nitrogens with zero attached hydrogens (tertiary/aromatic N) is 1. The third-order valence-corrected chi connectivity index (χ3v) is 1.47. The molecule has 1 heterocycles. The van der Waals surface area contributed by atoms with E-state index < -0.39 is 5.69 Å². The lowest BCUT2D eigenvalue weighted by molar-refractivity contribution is 1.08. The van der Waals surface area contributed by atoms with Crippen LogP contribution < -0.4 is 22.5 Å². The van der Waals surface area contributed by atoms with Crippen molar-refractivity contribution in [3.05, 3.63) is 10.5 Å². The maximum Gasteiger partial charge on any atom is 0.348 e. The van der Waals surface area contributed by atoms with Crippen molar-refractivity contribution in [2.75, 3.05) is 23.1 Å². The highest BCUT2D eigenvalue weighted by Gasteiger charge is 2.04. The molecule has 0 amide bonds. The van der Waals surface area contributed by atoms with E-state index in [1.165, 1.54) is 0 Å². The normalized spacial score (nSPS) is 9.75. The van der Waals surface area contributed by atoms with Gasteiger partial charge in [0.2, 0.25) is 0 Å². The van der Waals surface area contributed by atoms with E-state index >= 15 is 0 Å². The molecule has 1 rings (SSSR count). The summed E-state index contributed by atoms with van der Waals surface area (Å²) in [5.74, 6) is 0.446. The molecule has 66 valence electrons. The molecule has 1 aromatic heterocycles. The molecule has 0 saturated heterocycles. The fourth-order valence-electron chi connectivity index (χ4n) is 0.731. The largest absolute Gasteiger partial charge is 0.393 e. The standard InChI is InChI=1S/C5H10N5OP/c6-2-3(7)9-5(11)10-4(2)8-1-12/h1,6,12H2,(H4,7,8,9,10,11). The second-order valence-corrected chi connectivity index (χ2v) is 2.51. The summed E-state index contributed by atoms with van der Waals surface area (Å²) >= 11 is 0. The Morgan fingerprint density at radius 2 is 2.25 bits per heavy atom. The zero-order valence-electron chi connectivity index (χ0n) is 6.29. The van der Waals surface area contributed by atoms with Crippen molar-refractivity contribution in [2.24, 2.45) is 0 Å². The van der Waals surface area contributed by atoms with Crippen molar-refractivity contribution in [1.82, 2.24) is 9.97 Å². The van der Waals surface area contributed by atoms with Crippen LogP contribution in [0.25, 0.3) is 0 Å². The zero-order chi connectivity index (χ0) is 9.14. The third kappa shape index (κ3) is 1.65. The average molecular weight is 187 g/mol. The van der Waals surface area contributed by atoms with Crippen LogP contribution in [0.4, 0.5) is 17.3 Å². The van der Waals surface area contributed by atoms with Crippen LogP contribution in [0.5, 0.6) is 0 Å². The monoisotopic (exact) mass is 187 g/mol. The first kappa shape index (κ1) is 8.80. The van der Waals surface area contributed by atoms with E-state index in [9.17, 15) is 4.79 Å². The maximum atomic E-state index is 10.8. The molecular formula is C5H10N5OP. The quantitative estimate of drug-likeness (QED) is 0.452. The molecule has 0 spiro atoms. The number of nitrogens with one attached hydrogen (secondary N) is 2. The van der Waals surface area contributed by atoms with E-state index in [0.717, 1.165) is 0 Å². The molecule has 0 aliphatic carbocycles. The maximum absolute atomic E-state index is 10.8. The number of aromatic amines is 1. The summed E-state index contributed by atoms with van der Waals surface area (Å²) in [6.07, 6.45) is 0.556. The number of H-pyrrole nitrogens is 1.